The summed E-state index contributed by atoms with van der Waals surface area (Å²) in [5, 5.41) is 20.1. The van der Waals surface area contributed by atoms with E-state index in [2.05, 4.69) is 0 Å². The summed E-state index contributed by atoms with van der Waals surface area (Å²) in [7, 11) is 0. The zero-order chi connectivity index (χ0) is 19.6. The molecule has 2 aromatic rings. The van der Waals surface area contributed by atoms with E-state index in [4.69, 9.17) is 4.74 Å². The maximum Gasteiger partial charge on any atom is 0.271 e. The van der Waals surface area contributed by atoms with Gasteiger partial charge >= 0.3 is 0 Å². The Bertz CT molecular complexity index is 962. The lowest BCUT2D eigenvalue weighted by Gasteiger charge is -2.20. The molecule has 1 heterocycles. The SMILES string of the molecule is Cc1ccc(OCC(=O)c2c(C)c(C#N)c(=O)n(C3CCCC3)c2O)cc1. The Labute approximate surface area is 157 Å². The highest BCUT2D eigenvalue weighted by atomic mass is 16.5. The fraction of sp³-hybridized carbons (Fsp3) is 0.381. The molecule has 140 valence electrons. The van der Waals surface area contributed by atoms with Crippen LogP contribution in [0.5, 0.6) is 11.6 Å². The zero-order valence-corrected chi connectivity index (χ0v) is 15.5. The zero-order valence-electron chi connectivity index (χ0n) is 15.5. The Balaban J connectivity index is 1.97. The Kier molecular flexibility index (Phi) is 5.31. The average Bonchev–Trinajstić information content (AvgIpc) is 3.16. The quantitative estimate of drug-likeness (QED) is 0.819. The minimum absolute atomic E-state index is 0.00911. The molecule has 6 heteroatoms. The second-order valence-corrected chi connectivity index (χ2v) is 6.95. The van der Waals surface area contributed by atoms with Gasteiger partial charge in [-0.3, -0.25) is 14.2 Å². The first kappa shape index (κ1) is 18.7. The van der Waals surface area contributed by atoms with Gasteiger partial charge in [0.25, 0.3) is 5.56 Å². The molecule has 27 heavy (non-hydrogen) atoms. The molecule has 0 radical (unpaired) electrons. The van der Waals surface area contributed by atoms with E-state index < -0.39 is 11.3 Å². The van der Waals surface area contributed by atoms with E-state index in [0.717, 1.165) is 31.2 Å². The van der Waals surface area contributed by atoms with Crippen molar-refractivity contribution in [2.24, 2.45) is 0 Å². The molecule has 1 N–H and O–H groups in total. The summed E-state index contributed by atoms with van der Waals surface area (Å²) in [5.74, 6) is -0.287. The molecule has 1 aliphatic rings. The summed E-state index contributed by atoms with van der Waals surface area (Å²) >= 11 is 0. The number of carbonyl (C=O) groups is 1. The predicted octanol–water partition coefficient (Wildman–Crippen LogP) is 3.42. The first-order valence-corrected chi connectivity index (χ1v) is 9.05. The van der Waals surface area contributed by atoms with E-state index in [1.54, 1.807) is 12.1 Å². The molecular weight excluding hydrogens is 344 g/mol. The number of ketones is 1. The van der Waals surface area contributed by atoms with E-state index in [-0.39, 0.29) is 35.2 Å². The lowest BCUT2D eigenvalue weighted by Crippen LogP contribution is -2.29. The van der Waals surface area contributed by atoms with Crippen molar-refractivity contribution >= 4 is 5.78 Å². The number of hydrogen-bond acceptors (Lipinski definition) is 5. The third-order valence-corrected chi connectivity index (χ3v) is 5.11. The van der Waals surface area contributed by atoms with Crippen LogP contribution in [0.15, 0.2) is 29.1 Å². The molecule has 3 rings (SSSR count). The molecular formula is C21H22N2O4. The molecule has 0 bridgehead atoms. The third-order valence-electron chi connectivity index (χ3n) is 5.11. The third kappa shape index (κ3) is 3.59. The number of benzene rings is 1. The van der Waals surface area contributed by atoms with Crippen LogP contribution in [0.3, 0.4) is 0 Å². The van der Waals surface area contributed by atoms with Crippen LogP contribution in [0.4, 0.5) is 0 Å². The number of aromatic hydroxyl groups is 1. The van der Waals surface area contributed by atoms with Crippen molar-refractivity contribution in [3.8, 4) is 17.7 Å². The van der Waals surface area contributed by atoms with Gasteiger partial charge in [-0.2, -0.15) is 5.26 Å². The lowest BCUT2D eigenvalue weighted by molar-refractivity contribution is 0.0916. The standard InChI is InChI=1S/C21H22N2O4/c1-13-7-9-16(10-8-13)27-12-18(24)19-14(2)17(11-22)20(25)23(21(19)26)15-5-3-4-6-15/h7-10,15,26H,3-6,12H2,1-2H3. The number of aromatic nitrogens is 1. The summed E-state index contributed by atoms with van der Waals surface area (Å²) < 4.78 is 6.75. The lowest BCUT2D eigenvalue weighted by atomic mass is 10.0. The van der Waals surface area contributed by atoms with E-state index in [1.807, 2.05) is 25.1 Å². The molecule has 1 aromatic carbocycles. The number of carbonyl (C=O) groups excluding carboxylic acids is 1. The second-order valence-electron chi connectivity index (χ2n) is 6.95. The highest BCUT2D eigenvalue weighted by Gasteiger charge is 2.29. The normalized spacial score (nSPS) is 14.1. The Morgan fingerprint density at radius 3 is 2.48 bits per heavy atom. The number of nitrogens with zero attached hydrogens (tertiary/aromatic N) is 2. The number of rotatable bonds is 5. The molecule has 1 aromatic heterocycles. The average molecular weight is 366 g/mol. The van der Waals surface area contributed by atoms with Crippen molar-refractivity contribution < 1.29 is 14.6 Å². The molecule has 0 amide bonds. The van der Waals surface area contributed by atoms with Crippen molar-refractivity contribution in [1.29, 1.82) is 5.26 Å². The minimum atomic E-state index is -0.532. The summed E-state index contributed by atoms with van der Waals surface area (Å²) in [6, 6.07) is 8.97. The second kappa shape index (κ2) is 7.67. The van der Waals surface area contributed by atoms with Crippen LogP contribution < -0.4 is 10.3 Å². The van der Waals surface area contributed by atoms with Gasteiger partial charge in [0.2, 0.25) is 11.7 Å². The summed E-state index contributed by atoms with van der Waals surface area (Å²) in [5.41, 5.74) is 0.634. The van der Waals surface area contributed by atoms with Gasteiger partial charge in [0.05, 0.1) is 5.56 Å². The number of aryl methyl sites for hydroxylation is 1. The largest absolute Gasteiger partial charge is 0.494 e. The van der Waals surface area contributed by atoms with Crippen molar-refractivity contribution in [2.45, 2.75) is 45.6 Å². The van der Waals surface area contributed by atoms with Gasteiger partial charge in [-0.25, -0.2) is 0 Å². The van der Waals surface area contributed by atoms with E-state index in [9.17, 15) is 20.0 Å². The number of Topliss-reactive ketones (excluding diaryl/α,β-unsaturated/α-hetero) is 1. The van der Waals surface area contributed by atoms with Crippen LogP contribution in [0.1, 0.15) is 58.8 Å². The molecule has 6 nitrogen and oxygen atoms in total. The predicted molar refractivity (Wildman–Crippen MR) is 100 cm³/mol. The van der Waals surface area contributed by atoms with Crippen LogP contribution in [-0.4, -0.2) is 22.1 Å². The van der Waals surface area contributed by atoms with Crippen LogP contribution in [-0.2, 0) is 0 Å². The molecule has 1 fully saturated rings. The maximum atomic E-state index is 12.8. The van der Waals surface area contributed by atoms with Crippen molar-refractivity contribution in [3.05, 3.63) is 56.9 Å². The van der Waals surface area contributed by atoms with Gasteiger partial charge in [0.15, 0.2) is 6.61 Å². The first-order valence-electron chi connectivity index (χ1n) is 9.05. The summed E-state index contributed by atoms with van der Waals surface area (Å²) in [6.45, 7) is 3.18. The molecule has 0 atom stereocenters. The molecule has 0 spiro atoms. The molecule has 1 saturated carbocycles. The first-order chi connectivity index (χ1) is 12.9. The highest BCUT2D eigenvalue weighted by Crippen LogP contribution is 2.34. The van der Waals surface area contributed by atoms with Gasteiger partial charge < -0.3 is 9.84 Å². The maximum absolute atomic E-state index is 12.8. The van der Waals surface area contributed by atoms with Gasteiger partial charge in [-0.05, 0) is 44.4 Å². The van der Waals surface area contributed by atoms with Crippen molar-refractivity contribution in [1.82, 2.24) is 4.57 Å². The van der Waals surface area contributed by atoms with Gasteiger partial charge in [-0.15, -0.1) is 0 Å². The molecule has 0 saturated heterocycles. The van der Waals surface area contributed by atoms with Gasteiger partial charge in [0.1, 0.15) is 17.4 Å². The number of nitriles is 1. The van der Waals surface area contributed by atoms with Crippen LogP contribution in [0, 0.1) is 25.2 Å². The van der Waals surface area contributed by atoms with Crippen LogP contribution in [0.25, 0.3) is 0 Å². The monoisotopic (exact) mass is 366 g/mol. The smallest absolute Gasteiger partial charge is 0.271 e. The topological polar surface area (TPSA) is 92.3 Å². The number of hydrogen-bond donors (Lipinski definition) is 1. The molecule has 0 aliphatic heterocycles. The van der Waals surface area contributed by atoms with Crippen LogP contribution in [0.2, 0.25) is 0 Å². The fourth-order valence-corrected chi connectivity index (χ4v) is 3.61. The Hall–Kier alpha value is -3.07. The summed E-state index contributed by atoms with van der Waals surface area (Å²) in [4.78, 5) is 25.4. The van der Waals surface area contributed by atoms with Crippen molar-refractivity contribution in [3.63, 3.8) is 0 Å². The Morgan fingerprint density at radius 2 is 1.89 bits per heavy atom. The van der Waals surface area contributed by atoms with E-state index in [1.165, 1.54) is 11.5 Å². The van der Waals surface area contributed by atoms with Crippen molar-refractivity contribution in [2.75, 3.05) is 6.61 Å². The Morgan fingerprint density at radius 1 is 1.26 bits per heavy atom. The number of ether oxygens (including phenoxy) is 1. The fourth-order valence-electron chi connectivity index (χ4n) is 3.61. The van der Waals surface area contributed by atoms with E-state index >= 15 is 0 Å². The van der Waals surface area contributed by atoms with E-state index in [0.29, 0.717) is 5.75 Å². The van der Waals surface area contributed by atoms with Gasteiger partial charge in [0, 0.05) is 6.04 Å². The number of pyridine rings is 1. The highest BCUT2D eigenvalue weighted by molar-refractivity contribution is 6.01. The molecule has 0 unspecified atom stereocenters. The minimum Gasteiger partial charge on any atom is -0.494 e. The van der Waals surface area contributed by atoms with Crippen LogP contribution >= 0.6 is 0 Å². The molecule has 1 aliphatic carbocycles. The summed E-state index contributed by atoms with van der Waals surface area (Å²) in [6.07, 6.45) is 3.39. The van der Waals surface area contributed by atoms with Gasteiger partial charge in [-0.1, -0.05) is 30.5 Å².